The highest BCUT2D eigenvalue weighted by Crippen LogP contribution is 2.23. The van der Waals surface area contributed by atoms with E-state index in [2.05, 4.69) is 32.9 Å². The first kappa shape index (κ1) is 19.1. The lowest BCUT2D eigenvalue weighted by Crippen LogP contribution is -2.42. The summed E-state index contributed by atoms with van der Waals surface area (Å²) < 4.78 is 5.48. The van der Waals surface area contributed by atoms with E-state index in [9.17, 15) is 4.79 Å². The van der Waals surface area contributed by atoms with Crippen LogP contribution in [0.2, 0.25) is 0 Å². The van der Waals surface area contributed by atoms with Crippen molar-refractivity contribution < 1.29 is 9.53 Å². The van der Waals surface area contributed by atoms with Gasteiger partial charge in [0.2, 0.25) is 0 Å². The fraction of sp³-hybridized carbons (Fsp3) is 0.333. The van der Waals surface area contributed by atoms with Crippen molar-refractivity contribution in [2.75, 3.05) is 38.2 Å². The highest BCUT2D eigenvalue weighted by atomic mass is 16.5. The molecule has 142 valence electrons. The Hall–Kier alpha value is -2.70. The molecule has 2 N–H and O–H groups in total. The number of hydrazone groups is 1. The number of nitrogens with one attached hydrogen (secondary N) is 2. The number of amides is 1. The first-order chi connectivity index (χ1) is 13.2. The average Bonchev–Trinajstić information content (AvgIpc) is 2.73. The smallest absolute Gasteiger partial charge is 0.259 e. The molecule has 0 spiro atoms. The van der Waals surface area contributed by atoms with E-state index in [1.165, 1.54) is 0 Å². The molecule has 1 fully saturated rings. The summed E-state index contributed by atoms with van der Waals surface area (Å²) >= 11 is 0. The number of ether oxygens (including phenoxy) is 1. The summed E-state index contributed by atoms with van der Waals surface area (Å²) in [6, 6.07) is 19.9. The Kier molecular flexibility index (Phi) is 6.96. The fourth-order valence-corrected chi connectivity index (χ4v) is 3.18. The highest BCUT2D eigenvalue weighted by molar-refractivity contribution is 5.90. The summed E-state index contributed by atoms with van der Waals surface area (Å²) in [4.78, 5) is 14.5. The predicted molar refractivity (Wildman–Crippen MR) is 108 cm³/mol. The zero-order valence-electron chi connectivity index (χ0n) is 15.6. The number of nitrogens with zero attached hydrogens (tertiary/aromatic N) is 2. The molecule has 1 aliphatic rings. The molecule has 27 heavy (non-hydrogen) atoms. The minimum absolute atomic E-state index is 0.0254. The van der Waals surface area contributed by atoms with E-state index in [0.717, 1.165) is 30.1 Å². The number of para-hydroxylation sites is 1. The van der Waals surface area contributed by atoms with E-state index in [4.69, 9.17) is 4.74 Å². The molecule has 6 heteroatoms. The summed E-state index contributed by atoms with van der Waals surface area (Å²) in [6.07, 6.45) is 0. The zero-order valence-corrected chi connectivity index (χ0v) is 15.6. The highest BCUT2D eigenvalue weighted by Gasteiger charge is 2.25. The standard InChI is InChI=1S/C21H26N4O2/c1-17(23-24-20(26)16-22-19-10-6-3-7-11-19)21(18-8-4-2-5-9-18)25-12-14-27-15-13-25/h2-11,21-22H,12-16H2,1H3,(H,24,26)/b23-17-/t21-/m0/s1. The number of rotatable bonds is 7. The van der Waals surface area contributed by atoms with Gasteiger partial charge >= 0.3 is 0 Å². The van der Waals surface area contributed by atoms with Crippen LogP contribution in [-0.2, 0) is 9.53 Å². The number of benzene rings is 2. The van der Waals surface area contributed by atoms with Crippen LogP contribution in [-0.4, -0.2) is 49.4 Å². The maximum atomic E-state index is 12.1. The third-order valence-corrected chi connectivity index (χ3v) is 4.51. The maximum absolute atomic E-state index is 12.1. The second kappa shape index (κ2) is 9.85. The lowest BCUT2D eigenvalue weighted by atomic mass is 10.0. The number of hydrogen-bond donors (Lipinski definition) is 2. The third kappa shape index (κ3) is 5.64. The monoisotopic (exact) mass is 366 g/mol. The summed E-state index contributed by atoms with van der Waals surface area (Å²) in [6.45, 7) is 5.24. The Labute approximate surface area is 160 Å². The van der Waals surface area contributed by atoms with Gasteiger partial charge in [0, 0.05) is 18.8 Å². The van der Waals surface area contributed by atoms with Gasteiger partial charge in [-0.05, 0) is 24.6 Å². The van der Waals surface area contributed by atoms with Crippen molar-refractivity contribution >= 4 is 17.3 Å². The van der Waals surface area contributed by atoms with Crippen LogP contribution in [0.25, 0.3) is 0 Å². The van der Waals surface area contributed by atoms with Gasteiger partial charge in [-0.2, -0.15) is 5.10 Å². The van der Waals surface area contributed by atoms with Crippen molar-refractivity contribution in [2.45, 2.75) is 13.0 Å². The molecular formula is C21H26N4O2. The molecule has 2 aromatic rings. The van der Waals surface area contributed by atoms with Gasteiger partial charge in [-0.1, -0.05) is 48.5 Å². The minimum Gasteiger partial charge on any atom is -0.379 e. The quantitative estimate of drug-likeness (QED) is 0.584. The van der Waals surface area contributed by atoms with Crippen molar-refractivity contribution in [2.24, 2.45) is 5.10 Å². The molecule has 0 bridgehead atoms. The SMILES string of the molecule is C/C(=N/NC(=O)CNc1ccccc1)[C@@H](c1ccccc1)N1CCOCC1. The van der Waals surface area contributed by atoms with Gasteiger partial charge in [0.1, 0.15) is 0 Å². The Morgan fingerprint density at radius 2 is 1.70 bits per heavy atom. The Bertz CT molecular complexity index is 743. The first-order valence-electron chi connectivity index (χ1n) is 9.23. The predicted octanol–water partition coefficient (Wildman–Crippen LogP) is 2.66. The topological polar surface area (TPSA) is 66.0 Å². The summed E-state index contributed by atoms with van der Waals surface area (Å²) in [7, 11) is 0. The van der Waals surface area contributed by atoms with E-state index < -0.39 is 0 Å². The molecule has 2 aromatic carbocycles. The number of morpholine rings is 1. The molecular weight excluding hydrogens is 340 g/mol. The Morgan fingerprint density at radius 1 is 1.07 bits per heavy atom. The molecule has 0 aromatic heterocycles. The lowest BCUT2D eigenvalue weighted by molar-refractivity contribution is -0.119. The van der Waals surface area contributed by atoms with E-state index in [1.807, 2.05) is 55.5 Å². The van der Waals surface area contributed by atoms with Crippen LogP contribution in [0, 0.1) is 0 Å². The molecule has 0 saturated carbocycles. The molecule has 1 saturated heterocycles. The van der Waals surface area contributed by atoms with Gasteiger partial charge in [-0.15, -0.1) is 0 Å². The Balaban J connectivity index is 1.63. The van der Waals surface area contributed by atoms with E-state index in [-0.39, 0.29) is 18.5 Å². The zero-order chi connectivity index (χ0) is 18.9. The molecule has 6 nitrogen and oxygen atoms in total. The first-order valence-corrected chi connectivity index (χ1v) is 9.23. The maximum Gasteiger partial charge on any atom is 0.259 e. The minimum atomic E-state index is -0.174. The second-order valence-electron chi connectivity index (χ2n) is 6.47. The molecule has 1 amide bonds. The van der Waals surface area contributed by atoms with Gasteiger partial charge in [0.25, 0.3) is 5.91 Å². The molecule has 0 aliphatic carbocycles. The van der Waals surface area contributed by atoms with Crippen molar-refractivity contribution in [1.29, 1.82) is 0 Å². The third-order valence-electron chi connectivity index (χ3n) is 4.51. The molecule has 1 heterocycles. The summed E-state index contributed by atoms with van der Waals surface area (Å²) in [5.41, 5.74) is 5.60. The van der Waals surface area contributed by atoms with Crippen molar-refractivity contribution in [3.63, 3.8) is 0 Å². The van der Waals surface area contributed by atoms with Crippen LogP contribution in [0.3, 0.4) is 0 Å². The van der Waals surface area contributed by atoms with Gasteiger partial charge in [-0.3, -0.25) is 9.69 Å². The summed E-state index contributed by atoms with van der Waals surface area (Å²) in [5, 5.41) is 7.47. The molecule has 0 unspecified atom stereocenters. The molecule has 0 radical (unpaired) electrons. The van der Waals surface area contributed by atoms with Crippen molar-refractivity contribution in [1.82, 2.24) is 10.3 Å². The number of carbonyl (C=O) groups is 1. The molecule has 1 atom stereocenters. The van der Waals surface area contributed by atoms with Gasteiger partial charge in [0.05, 0.1) is 31.5 Å². The van der Waals surface area contributed by atoms with Gasteiger partial charge in [-0.25, -0.2) is 5.43 Å². The Morgan fingerprint density at radius 3 is 2.37 bits per heavy atom. The van der Waals surface area contributed by atoms with Crippen LogP contribution in [0.5, 0.6) is 0 Å². The largest absolute Gasteiger partial charge is 0.379 e. The van der Waals surface area contributed by atoms with E-state index in [1.54, 1.807) is 0 Å². The molecule has 3 rings (SSSR count). The van der Waals surface area contributed by atoms with Crippen molar-refractivity contribution in [3.05, 3.63) is 66.2 Å². The van der Waals surface area contributed by atoms with Crippen molar-refractivity contribution in [3.8, 4) is 0 Å². The number of anilines is 1. The van der Waals surface area contributed by atoms with Crippen LogP contribution < -0.4 is 10.7 Å². The van der Waals surface area contributed by atoms with Crippen LogP contribution in [0.15, 0.2) is 65.8 Å². The second-order valence-corrected chi connectivity index (χ2v) is 6.47. The normalized spacial score (nSPS) is 16.6. The fourth-order valence-electron chi connectivity index (χ4n) is 3.18. The molecule has 1 aliphatic heterocycles. The van der Waals surface area contributed by atoms with Crippen LogP contribution >= 0.6 is 0 Å². The lowest BCUT2D eigenvalue weighted by Gasteiger charge is -2.34. The van der Waals surface area contributed by atoms with Gasteiger partial charge in [0.15, 0.2) is 0 Å². The average molecular weight is 366 g/mol. The number of hydrogen-bond acceptors (Lipinski definition) is 5. The summed E-state index contributed by atoms with van der Waals surface area (Å²) in [5.74, 6) is -0.174. The van der Waals surface area contributed by atoms with E-state index >= 15 is 0 Å². The van der Waals surface area contributed by atoms with Gasteiger partial charge < -0.3 is 10.1 Å². The number of carbonyl (C=O) groups excluding carboxylic acids is 1. The van der Waals surface area contributed by atoms with E-state index in [0.29, 0.717) is 13.2 Å². The van der Waals surface area contributed by atoms with Crippen LogP contribution in [0.4, 0.5) is 5.69 Å². The van der Waals surface area contributed by atoms with Crippen LogP contribution in [0.1, 0.15) is 18.5 Å².